The third-order valence-electron chi connectivity index (χ3n) is 5.27. The number of nitrogens with zero attached hydrogens (tertiary/aromatic N) is 2. The van der Waals surface area contributed by atoms with Crippen LogP contribution in [0.1, 0.15) is 17.2 Å². The molecule has 1 saturated heterocycles. The number of fused-ring (bicyclic) bond motifs is 1. The van der Waals surface area contributed by atoms with E-state index in [1.165, 1.54) is 30.6 Å². The van der Waals surface area contributed by atoms with Gasteiger partial charge in [0.05, 0.1) is 11.6 Å². The van der Waals surface area contributed by atoms with Crippen molar-refractivity contribution < 1.29 is 33.0 Å². The molecule has 32 heavy (non-hydrogen) atoms. The monoisotopic (exact) mass is 436 g/mol. The minimum atomic E-state index is -1.18. The summed E-state index contributed by atoms with van der Waals surface area (Å²) in [6, 6.07) is 9.56. The van der Waals surface area contributed by atoms with Crippen LogP contribution in [0.2, 0.25) is 0 Å². The predicted molar refractivity (Wildman–Crippen MR) is 108 cm³/mol. The first-order valence-corrected chi connectivity index (χ1v) is 9.51. The average Bonchev–Trinajstić information content (AvgIpc) is 3.38. The second-order valence-corrected chi connectivity index (χ2v) is 7.12. The lowest BCUT2D eigenvalue weighted by Gasteiger charge is -2.25. The standard InChI is InChI=1S/C23H14F2N2O5/c24-15-5-4-14(9-16(15)25)27-20(13-2-1-7-26-10-13)19(22(29)23(27)30)21(28)12-3-6-17-18(8-12)32-11-31-17/h1-10,20,28H,11H2/b21-19-. The van der Waals surface area contributed by atoms with Gasteiger partial charge in [0.1, 0.15) is 5.76 Å². The van der Waals surface area contributed by atoms with E-state index in [4.69, 9.17) is 9.47 Å². The van der Waals surface area contributed by atoms with Crippen molar-refractivity contribution in [3.8, 4) is 11.5 Å². The third kappa shape index (κ3) is 3.06. The molecule has 7 nitrogen and oxygen atoms in total. The van der Waals surface area contributed by atoms with Crippen LogP contribution >= 0.6 is 0 Å². The zero-order valence-corrected chi connectivity index (χ0v) is 16.3. The van der Waals surface area contributed by atoms with Crippen molar-refractivity contribution in [2.75, 3.05) is 11.7 Å². The highest BCUT2D eigenvalue weighted by Crippen LogP contribution is 2.43. The SMILES string of the molecule is O=C1C(=O)N(c2ccc(F)c(F)c2)C(c2cccnc2)/C1=C(/O)c1ccc2c(c1)OCO2. The number of hydrogen-bond acceptors (Lipinski definition) is 6. The first kappa shape index (κ1) is 19.7. The molecule has 9 heteroatoms. The van der Waals surface area contributed by atoms with E-state index in [0.29, 0.717) is 17.1 Å². The molecule has 0 bridgehead atoms. The van der Waals surface area contributed by atoms with E-state index in [0.717, 1.165) is 17.0 Å². The van der Waals surface area contributed by atoms with Crippen LogP contribution in [0, 0.1) is 11.6 Å². The maximum atomic E-state index is 13.9. The van der Waals surface area contributed by atoms with Gasteiger partial charge in [-0.25, -0.2) is 8.78 Å². The second-order valence-electron chi connectivity index (χ2n) is 7.12. The molecule has 2 aliphatic heterocycles. The van der Waals surface area contributed by atoms with Gasteiger partial charge in [-0.15, -0.1) is 0 Å². The summed E-state index contributed by atoms with van der Waals surface area (Å²) >= 11 is 0. The van der Waals surface area contributed by atoms with Crippen molar-refractivity contribution in [3.05, 3.63) is 89.3 Å². The van der Waals surface area contributed by atoms with Gasteiger partial charge in [-0.05, 0) is 42.0 Å². The number of aliphatic hydroxyl groups excluding tert-OH is 1. The Hall–Kier alpha value is -4.27. The highest BCUT2D eigenvalue weighted by molar-refractivity contribution is 6.51. The first-order chi connectivity index (χ1) is 15.5. The number of ketones is 1. The molecule has 1 aromatic heterocycles. The summed E-state index contributed by atoms with van der Waals surface area (Å²) in [5.74, 6) is -3.82. The number of carbonyl (C=O) groups is 2. The Kier molecular flexibility index (Phi) is 4.58. The molecule has 0 spiro atoms. The molecule has 0 aliphatic carbocycles. The van der Waals surface area contributed by atoms with Crippen LogP contribution in [0.3, 0.4) is 0 Å². The largest absolute Gasteiger partial charge is 0.507 e. The lowest BCUT2D eigenvalue weighted by atomic mass is 9.96. The van der Waals surface area contributed by atoms with Gasteiger partial charge in [-0.3, -0.25) is 19.5 Å². The molecule has 0 radical (unpaired) electrons. The van der Waals surface area contributed by atoms with Gasteiger partial charge >= 0.3 is 0 Å². The van der Waals surface area contributed by atoms with Crippen molar-refractivity contribution in [2.24, 2.45) is 0 Å². The van der Waals surface area contributed by atoms with E-state index in [9.17, 15) is 23.5 Å². The van der Waals surface area contributed by atoms with Crippen LogP contribution in [0.5, 0.6) is 11.5 Å². The number of aliphatic hydroxyl groups is 1. The number of halogens is 2. The molecule has 0 saturated carbocycles. The number of rotatable bonds is 3. The number of hydrogen-bond donors (Lipinski definition) is 1. The van der Waals surface area contributed by atoms with Gasteiger partial charge < -0.3 is 14.6 Å². The fourth-order valence-electron chi connectivity index (χ4n) is 3.79. The van der Waals surface area contributed by atoms with E-state index < -0.39 is 35.1 Å². The smallest absolute Gasteiger partial charge is 0.300 e. The van der Waals surface area contributed by atoms with E-state index in [1.807, 2.05) is 0 Å². The van der Waals surface area contributed by atoms with Crippen molar-refractivity contribution in [1.29, 1.82) is 0 Å². The summed E-state index contributed by atoms with van der Waals surface area (Å²) < 4.78 is 38.0. The van der Waals surface area contributed by atoms with Gasteiger partial charge in [0.2, 0.25) is 6.79 Å². The highest BCUT2D eigenvalue weighted by atomic mass is 19.2. The first-order valence-electron chi connectivity index (χ1n) is 9.51. The lowest BCUT2D eigenvalue weighted by Crippen LogP contribution is -2.29. The van der Waals surface area contributed by atoms with Gasteiger partial charge in [0.25, 0.3) is 11.7 Å². The molecule has 1 unspecified atom stereocenters. The second kappa shape index (κ2) is 7.45. The number of carbonyl (C=O) groups excluding carboxylic acids is 2. The zero-order chi connectivity index (χ0) is 22.4. The number of benzene rings is 2. The van der Waals surface area contributed by atoms with E-state index in [-0.39, 0.29) is 23.6 Å². The summed E-state index contributed by atoms with van der Waals surface area (Å²) in [6.45, 7) is 0.0236. The number of anilines is 1. The number of pyridine rings is 1. The van der Waals surface area contributed by atoms with Crippen molar-refractivity contribution in [3.63, 3.8) is 0 Å². The Morgan fingerprint density at radius 3 is 2.59 bits per heavy atom. The fourth-order valence-corrected chi connectivity index (χ4v) is 3.79. The molecule has 3 heterocycles. The average molecular weight is 436 g/mol. The Morgan fingerprint density at radius 1 is 1.03 bits per heavy atom. The van der Waals surface area contributed by atoms with Crippen LogP contribution < -0.4 is 14.4 Å². The summed E-state index contributed by atoms with van der Waals surface area (Å²) in [5, 5.41) is 11.1. The minimum Gasteiger partial charge on any atom is -0.507 e. The van der Waals surface area contributed by atoms with Crippen molar-refractivity contribution >= 4 is 23.1 Å². The fraction of sp³-hybridized carbons (Fsp3) is 0.0870. The zero-order valence-electron chi connectivity index (χ0n) is 16.3. The van der Waals surface area contributed by atoms with Crippen molar-refractivity contribution in [2.45, 2.75) is 6.04 Å². The molecule has 5 rings (SSSR count). The van der Waals surface area contributed by atoms with Gasteiger partial charge in [-0.1, -0.05) is 6.07 Å². The molecule has 1 amide bonds. The maximum absolute atomic E-state index is 13.9. The molecular weight excluding hydrogens is 422 g/mol. The Balaban J connectivity index is 1.70. The quantitative estimate of drug-likeness (QED) is 0.383. The van der Waals surface area contributed by atoms with Crippen molar-refractivity contribution in [1.82, 2.24) is 4.98 Å². The summed E-state index contributed by atoms with van der Waals surface area (Å²) in [7, 11) is 0. The normalized spacial score (nSPS) is 18.9. The number of aromatic nitrogens is 1. The molecule has 1 fully saturated rings. The van der Waals surface area contributed by atoms with E-state index in [1.54, 1.807) is 18.2 Å². The van der Waals surface area contributed by atoms with Gasteiger partial charge in [0.15, 0.2) is 23.1 Å². The molecule has 160 valence electrons. The third-order valence-corrected chi connectivity index (χ3v) is 5.27. The molecule has 1 atom stereocenters. The highest BCUT2D eigenvalue weighted by Gasteiger charge is 2.47. The number of ether oxygens (including phenoxy) is 2. The maximum Gasteiger partial charge on any atom is 0.300 e. The van der Waals surface area contributed by atoms with Crippen LogP contribution in [0.15, 0.2) is 66.5 Å². The topological polar surface area (TPSA) is 89.0 Å². The molecular formula is C23H14F2N2O5. The Bertz CT molecular complexity index is 1290. The Morgan fingerprint density at radius 2 is 1.84 bits per heavy atom. The summed E-state index contributed by atoms with van der Waals surface area (Å²) in [4.78, 5) is 31.0. The molecule has 1 N–H and O–H groups in total. The summed E-state index contributed by atoms with van der Waals surface area (Å²) in [5.41, 5.74) is 0.376. The number of amides is 1. The van der Waals surface area contributed by atoms with Gasteiger partial charge in [-0.2, -0.15) is 0 Å². The van der Waals surface area contributed by atoms with Crippen LogP contribution in [-0.2, 0) is 9.59 Å². The van der Waals surface area contributed by atoms with Crippen LogP contribution in [0.25, 0.3) is 5.76 Å². The lowest BCUT2D eigenvalue weighted by molar-refractivity contribution is -0.132. The Labute approximate surface area is 180 Å². The summed E-state index contributed by atoms with van der Waals surface area (Å²) in [6.07, 6.45) is 2.93. The van der Waals surface area contributed by atoms with Crippen LogP contribution in [-0.4, -0.2) is 28.6 Å². The molecule has 3 aromatic rings. The predicted octanol–water partition coefficient (Wildman–Crippen LogP) is 3.71. The minimum absolute atomic E-state index is 0.0236. The van der Waals surface area contributed by atoms with Gasteiger partial charge in [0, 0.05) is 29.7 Å². The van der Waals surface area contributed by atoms with E-state index >= 15 is 0 Å². The molecule has 2 aliphatic rings. The van der Waals surface area contributed by atoms with E-state index in [2.05, 4.69) is 4.98 Å². The number of Topliss-reactive ketones (excluding diaryl/α,β-unsaturated/α-hetero) is 1. The van der Waals surface area contributed by atoms with Crippen LogP contribution in [0.4, 0.5) is 14.5 Å². The molecule has 2 aromatic carbocycles.